The lowest BCUT2D eigenvalue weighted by atomic mass is 9.83. The van der Waals surface area contributed by atoms with E-state index in [4.69, 9.17) is 10.5 Å². The van der Waals surface area contributed by atoms with E-state index in [1.165, 1.54) is 44.6 Å². The third-order valence-electron chi connectivity index (χ3n) is 5.26. The van der Waals surface area contributed by atoms with Crippen molar-refractivity contribution in [3.05, 3.63) is 35.6 Å². The van der Waals surface area contributed by atoms with Crippen LogP contribution in [0.25, 0.3) is 0 Å². The Morgan fingerprint density at radius 3 is 2.76 bits per heavy atom. The second-order valence-corrected chi connectivity index (χ2v) is 6.75. The zero-order valence-electron chi connectivity index (χ0n) is 12.7. The lowest BCUT2D eigenvalue weighted by molar-refractivity contribution is -0.0671. The molecule has 21 heavy (non-hydrogen) atoms. The third-order valence-corrected chi connectivity index (χ3v) is 5.26. The van der Waals surface area contributed by atoms with Gasteiger partial charge in [-0.05, 0) is 62.3 Å². The van der Waals surface area contributed by atoms with Crippen LogP contribution in [-0.2, 0) is 4.74 Å². The van der Waals surface area contributed by atoms with E-state index in [0.717, 1.165) is 18.4 Å². The highest BCUT2D eigenvalue weighted by Gasteiger charge is 2.41. The third kappa shape index (κ3) is 3.46. The quantitative estimate of drug-likeness (QED) is 0.905. The molecule has 0 amide bonds. The fraction of sp³-hybridized carbons (Fsp3) is 0.667. The van der Waals surface area contributed by atoms with E-state index in [2.05, 4.69) is 0 Å². The maximum absolute atomic E-state index is 13.4. The van der Waals surface area contributed by atoms with Gasteiger partial charge in [0.1, 0.15) is 5.82 Å². The van der Waals surface area contributed by atoms with Gasteiger partial charge in [-0.2, -0.15) is 0 Å². The Morgan fingerprint density at radius 1 is 1.24 bits per heavy atom. The van der Waals surface area contributed by atoms with E-state index in [-0.39, 0.29) is 17.3 Å². The monoisotopic (exact) mass is 291 g/mol. The van der Waals surface area contributed by atoms with Crippen LogP contribution in [0.1, 0.15) is 62.8 Å². The Kier molecular flexibility index (Phi) is 4.60. The molecule has 2 N–H and O–H groups in total. The van der Waals surface area contributed by atoms with Crippen LogP contribution in [0, 0.1) is 5.82 Å². The summed E-state index contributed by atoms with van der Waals surface area (Å²) in [7, 11) is 0. The minimum absolute atomic E-state index is 0.157. The summed E-state index contributed by atoms with van der Waals surface area (Å²) < 4.78 is 19.8. The number of hydrogen-bond donors (Lipinski definition) is 1. The maximum Gasteiger partial charge on any atom is 0.123 e. The highest BCUT2D eigenvalue weighted by molar-refractivity contribution is 5.21. The first-order chi connectivity index (χ1) is 10.2. The van der Waals surface area contributed by atoms with Gasteiger partial charge in [-0.25, -0.2) is 4.39 Å². The van der Waals surface area contributed by atoms with E-state index in [1.54, 1.807) is 12.1 Å². The summed E-state index contributed by atoms with van der Waals surface area (Å²) in [5, 5.41) is 0. The van der Waals surface area contributed by atoms with Crippen molar-refractivity contribution in [2.45, 2.75) is 69.0 Å². The number of nitrogens with two attached hydrogens (primary N) is 1. The minimum Gasteiger partial charge on any atom is -0.372 e. The van der Waals surface area contributed by atoms with Crippen molar-refractivity contribution in [2.75, 3.05) is 6.54 Å². The molecule has 2 atom stereocenters. The average molecular weight is 291 g/mol. The first-order valence-electron chi connectivity index (χ1n) is 8.34. The van der Waals surface area contributed by atoms with Crippen LogP contribution in [0.3, 0.4) is 0 Å². The molecule has 1 heterocycles. The summed E-state index contributed by atoms with van der Waals surface area (Å²) >= 11 is 0. The molecule has 1 aromatic carbocycles. The largest absolute Gasteiger partial charge is 0.372 e. The van der Waals surface area contributed by atoms with Crippen molar-refractivity contribution in [2.24, 2.45) is 5.73 Å². The summed E-state index contributed by atoms with van der Waals surface area (Å²) in [5.74, 6) is 0.0199. The average Bonchev–Trinajstić information content (AvgIpc) is 2.88. The van der Waals surface area contributed by atoms with Crippen LogP contribution >= 0.6 is 0 Å². The van der Waals surface area contributed by atoms with E-state index in [0.29, 0.717) is 12.6 Å². The second-order valence-electron chi connectivity index (χ2n) is 6.75. The molecule has 2 nitrogen and oxygen atoms in total. The van der Waals surface area contributed by atoms with E-state index < -0.39 is 0 Å². The fourth-order valence-electron chi connectivity index (χ4n) is 4.07. The molecule has 2 aliphatic rings. The highest BCUT2D eigenvalue weighted by Crippen LogP contribution is 2.43. The van der Waals surface area contributed by atoms with Gasteiger partial charge in [0.2, 0.25) is 0 Å². The molecule has 1 saturated heterocycles. The summed E-state index contributed by atoms with van der Waals surface area (Å²) in [6.45, 7) is 0.552. The molecule has 2 unspecified atom stereocenters. The van der Waals surface area contributed by atoms with E-state index in [9.17, 15) is 4.39 Å². The molecule has 0 aromatic heterocycles. The molecule has 1 saturated carbocycles. The molecule has 116 valence electrons. The summed E-state index contributed by atoms with van der Waals surface area (Å²) in [4.78, 5) is 0. The molecule has 1 spiro atoms. The molecule has 3 rings (SSSR count). The summed E-state index contributed by atoms with van der Waals surface area (Å²) in [6, 6.07) is 6.85. The first kappa shape index (κ1) is 15.0. The van der Waals surface area contributed by atoms with Crippen molar-refractivity contribution in [3.63, 3.8) is 0 Å². The zero-order valence-corrected chi connectivity index (χ0v) is 12.7. The standard InChI is InChI=1S/C18H26FNO/c19-16-6-4-5-14(11-16)15(13-20)12-17-7-10-18(21-17)8-2-1-3-9-18/h4-6,11,15,17H,1-3,7-10,12-13,20H2. The SMILES string of the molecule is NCC(CC1CCC2(CCCCC2)O1)c1cccc(F)c1. The molecule has 0 radical (unpaired) electrons. The van der Waals surface area contributed by atoms with Crippen LogP contribution in [0.2, 0.25) is 0 Å². The number of benzene rings is 1. The lowest BCUT2D eigenvalue weighted by Gasteiger charge is -2.33. The van der Waals surface area contributed by atoms with Crippen LogP contribution < -0.4 is 5.73 Å². The summed E-state index contributed by atoms with van der Waals surface area (Å²) in [5.41, 5.74) is 7.09. The highest BCUT2D eigenvalue weighted by atomic mass is 19.1. The minimum atomic E-state index is -0.179. The van der Waals surface area contributed by atoms with Gasteiger partial charge in [-0.3, -0.25) is 0 Å². The van der Waals surface area contributed by atoms with Gasteiger partial charge in [0.25, 0.3) is 0 Å². The number of rotatable bonds is 4. The smallest absolute Gasteiger partial charge is 0.123 e. The molecule has 1 aliphatic heterocycles. The molecule has 0 bridgehead atoms. The van der Waals surface area contributed by atoms with Crippen LogP contribution in [0.4, 0.5) is 4.39 Å². The van der Waals surface area contributed by atoms with Gasteiger partial charge in [0.15, 0.2) is 0 Å². The topological polar surface area (TPSA) is 35.2 Å². The van der Waals surface area contributed by atoms with Crippen molar-refractivity contribution in [1.82, 2.24) is 0 Å². The van der Waals surface area contributed by atoms with Crippen LogP contribution in [0.15, 0.2) is 24.3 Å². The molecule has 1 aliphatic carbocycles. The van der Waals surface area contributed by atoms with E-state index in [1.807, 2.05) is 6.07 Å². The molecular formula is C18H26FNO. The Balaban J connectivity index is 1.63. The van der Waals surface area contributed by atoms with Crippen molar-refractivity contribution in [1.29, 1.82) is 0 Å². The zero-order chi connectivity index (χ0) is 14.7. The van der Waals surface area contributed by atoms with Gasteiger partial charge in [-0.1, -0.05) is 31.4 Å². The molecule has 1 aromatic rings. The first-order valence-corrected chi connectivity index (χ1v) is 8.34. The van der Waals surface area contributed by atoms with Gasteiger partial charge in [0, 0.05) is 0 Å². The Labute approximate surface area is 126 Å². The van der Waals surface area contributed by atoms with Crippen molar-refractivity contribution < 1.29 is 9.13 Å². The van der Waals surface area contributed by atoms with Gasteiger partial charge in [0.05, 0.1) is 11.7 Å². The van der Waals surface area contributed by atoms with E-state index >= 15 is 0 Å². The van der Waals surface area contributed by atoms with Crippen molar-refractivity contribution in [3.8, 4) is 0 Å². The fourth-order valence-corrected chi connectivity index (χ4v) is 4.07. The number of halogens is 1. The van der Waals surface area contributed by atoms with Gasteiger partial charge >= 0.3 is 0 Å². The molecular weight excluding hydrogens is 265 g/mol. The number of hydrogen-bond acceptors (Lipinski definition) is 2. The summed E-state index contributed by atoms with van der Waals surface area (Å²) in [6.07, 6.45) is 9.93. The molecule has 3 heteroatoms. The Bertz CT molecular complexity index is 470. The lowest BCUT2D eigenvalue weighted by Crippen LogP contribution is -2.32. The predicted molar refractivity (Wildman–Crippen MR) is 82.7 cm³/mol. The second kappa shape index (κ2) is 6.45. The van der Waals surface area contributed by atoms with Gasteiger partial charge in [-0.15, -0.1) is 0 Å². The van der Waals surface area contributed by atoms with Crippen molar-refractivity contribution >= 4 is 0 Å². The Hall–Kier alpha value is -0.930. The molecule has 2 fully saturated rings. The Morgan fingerprint density at radius 2 is 2.05 bits per heavy atom. The maximum atomic E-state index is 13.4. The normalized spacial score (nSPS) is 26.1. The predicted octanol–water partition coefficient (Wildman–Crippen LogP) is 4.14. The van der Waals surface area contributed by atoms with Crippen LogP contribution in [0.5, 0.6) is 0 Å². The van der Waals surface area contributed by atoms with Gasteiger partial charge < -0.3 is 10.5 Å². The van der Waals surface area contributed by atoms with Crippen LogP contribution in [-0.4, -0.2) is 18.2 Å². The number of ether oxygens (including phenoxy) is 1.